The van der Waals surface area contributed by atoms with E-state index in [0.717, 1.165) is 35.7 Å². The van der Waals surface area contributed by atoms with Crippen molar-refractivity contribution in [3.8, 4) is 17.6 Å². The Hall–Kier alpha value is -1.74. The van der Waals surface area contributed by atoms with Gasteiger partial charge in [-0.15, -0.1) is 0 Å². The topological polar surface area (TPSA) is 71.4 Å². The van der Waals surface area contributed by atoms with Crippen molar-refractivity contribution >= 4 is 21.8 Å². The van der Waals surface area contributed by atoms with E-state index in [9.17, 15) is 10.1 Å². The number of carbonyl (C=O) groups is 1. The predicted octanol–water partition coefficient (Wildman–Crippen LogP) is 3.27. The van der Waals surface area contributed by atoms with Gasteiger partial charge in [0.1, 0.15) is 5.41 Å². The van der Waals surface area contributed by atoms with Crippen LogP contribution >= 0.6 is 15.9 Å². The summed E-state index contributed by atoms with van der Waals surface area (Å²) in [6.07, 6.45) is 4.98. The predicted molar refractivity (Wildman–Crippen MR) is 85.7 cm³/mol. The van der Waals surface area contributed by atoms with Crippen LogP contribution in [0.25, 0.3) is 0 Å². The average Bonchev–Trinajstić information content (AvgIpc) is 2.89. The van der Waals surface area contributed by atoms with E-state index < -0.39 is 5.41 Å². The van der Waals surface area contributed by atoms with Crippen LogP contribution in [0.1, 0.15) is 37.7 Å². The quantitative estimate of drug-likeness (QED) is 0.878. The summed E-state index contributed by atoms with van der Waals surface area (Å²) in [6.45, 7) is 0.595. The molecule has 1 aromatic rings. The van der Waals surface area contributed by atoms with Gasteiger partial charge >= 0.3 is 0 Å². The fraction of sp³-hybridized carbons (Fsp3) is 0.529. The third-order valence-electron chi connectivity index (χ3n) is 5.46. The molecule has 1 N–H and O–H groups in total. The molecule has 1 unspecified atom stereocenters. The van der Waals surface area contributed by atoms with Crippen molar-refractivity contribution in [1.29, 1.82) is 5.26 Å². The van der Waals surface area contributed by atoms with Gasteiger partial charge in [0.05, 0.1) is 10.5 Å². The number of rotatable bonds is 3. The molecule has 3 aliphatic rings. The molecular weight excluding hydrogens is 360 g/mol. The van der Waals surface area contributed by atoms with Gasteiger partial charge in [-0.3, -0.25) is 4.79 Å². The number of fused-ring (bicyclic) bond motifs is 1. The molecule has 1 atom stereocenters. The molecule has 23 heavy (non-hydrogen) atoms. The number of ether oxygens (including phenoxy) is 2. The molecule has 1 spiro atoms. The zero-order chi connectivity index (χ0) is 16.1. The molecule has 1 heterocycles. The molecule has 6 heteroatoms. The normalized spacial score (nSPS) is 26.1. The standard InChI is InChI=1S/C17H17BrN2O3/c18-12-5-11(6-13-14(12)23-10-22-13)7-20-15(21)17(9-19)8-16(17)3-1-2-4-16/h5-6H,1-4,7-8,10H2,(H,20,21). The van der Waals surface area contributed by atoms with Gasteiger partial charge in [0.15, 0.2) is 11.5 Å². The third kappa shape index (κ3) is 2.13. The lowest BCUT2D eigenvalue weighted by Crippen LogP contribution is -2.34. The second kappa shape index (κ2) is 5.13. The van der Waals surface area contributed by atoms with Crippen molar-refractivity contribution in [2.75, 3.05) is 6.79 Å². The van der Waals surface area contributed by atoms with E-state index in [1.165, 1.54) is 0 Å². The Labute approximate surface area is 143 Å². The number of hydrogen-bond acceptors (Lipinski definition) is 4. The first-order chi connectivity index (χ1) is 11.1. The fourth-order valence-electron chi connectivity index (χ4n) is 4.10. The Kier molecular flexibility index (Phi) is 3.31. The second-order valence-electron chi connectivity index (χ2n) is 6.68. The van der Waals surface area contributed by atoms with Gasteiger partial charge in [0.2, 0.25) is 12.7 Å². The fourth-order valence-corrected chi connectivity index (χ4v) is 4.71. The lowest BCUT2D eigenvalue weighted by molar-refractivity contribution is -0.125. The molecule has 2 fully saturated rings. The van der Waals surface area contributed by atoms with Gasteiger partial charge < -0.3 is 14.8 Å². The number of benzene rings is 1. The Morgan fingerprint density at radius 2 is 2.13 bits per heavy atom. The largest absolute Gasteiger partial charge is 0.454 e. The van der Waals surface area contributed by atoms with Crippen molar-refractivity contribution < 1.29 is 14.3 Å². The molecule has 0 bridgehead atoms. The molecule has 1 aromatic carbocycles. The van der Waals surface area contributed by atoms with Gasteiger partial charge in [-0.25, -0.2) is 0 Å². The summed E-state index contributed by atoms with van der Waals surface area (Å²) < 4.78 is 11.6. The summed E-state index contributed by atoms with van der Waals surface area (Å²) in [6, 6.07) is 6.08. The van der Waals surface area contributed by atoms with E-state index in [2.05, 4.69) is 27.3 Å². The number of amides is 1. The summed E-state index contributed by atoms with van der Waals surface area (Å²) in [5, 5.41) is 12.5. The highest BCUT2D eigenvalue weighted by atomic mass is 79.9. The lowest BCUT2D eigenvalue weighted by Gasteiger charge is -2.15. The molecule has 2 saturated carbocycles. The van der Waals surface area contributed by atoms with Gasteiger partial charge in [-0.2, -0.15) is 5.26 Å². The van der Waals surface area contributed by atoms with Crippen LogP contribution in [0, 0.1) is 22.2 Å². The maximum atomic E-state index is 12.6. The highest BCUT2D eigenvalue weighted by Gasteiger charge is 2.72. The monoisotopic (exact) mass is 376 g/mol. The molecule has 1 amide bonds. The van der Waals surface area contributed by atoms with Crippen LogP contribution in [0.2, 0.25) is 0 Å². The van der Waals surface area contributed by atoms with E-state index >= 15 is 0 Å². The third-order valence-corrected chi connectivity index (χ3v) is 6.05. The first-order valence-electron chi connectivity index (χ1n) is 7.88. The first kappa shape index (κ1) is 14.8. The minimum absolute atomic E-state index is 0.0543. The van der Waals surface area contributed by atoms with E-state index in [4.69, 9.17) is 9.47 Å². The first-order valence-corrected chi connectivity index (χ1v) is 8.67. The molecule has 0 aromatic heterocycles. The maximum absolute atomic E-state index is 12.6. The number of nitrogens with zero attached hydrogens (tertiary/aromatic N) is 1. The summed E-state index contributed by atoms with van der Waals surface area (Å²) >= 11 is 3.45. The van der Waals surface area contributed by atoms with Gasteiger partial charge in [-0.1, -0.05) is 12.8 Å². The van der Waals surface area contributed by atoms with Gasteiger partial charge in [0, 0.05) is 12.0 Å². The van der Waals surface area contributed by atoms with E-state index in [-0.39, 0.29) is 18.1 Å². The highest BCUT2D eigenvalue weighted by molar-refractivity contribution is 9.10. The van der Waals surface area contributed by atoms with Crippen LogP contribution in [-0.2, 0) is 11.3 Å². The molecule has 2 aliphatic carbocycles. The van der Waals surface area contributed by atoms with Crippen LogP contribution in [0.15, 0.2) is 16.6 Å². The minimum atomic E-state index is -0.808. The van der Waals surface area contributed by atoms with Crippen LogP contribution < -0.4 is 14.8 Å². The van der Waals surface area contributed by atoms with Crippen LogP contribution in [-0.4, -0.2) is 12.7 Å². The SMILES string of the molecule is N#CC1(C(=O)NCc2cc(Br)c3c(c2)OCO3)CC12CCCC2. The zero-order valence-electron chi connectivity index (χ0n) is 12.7. The molecule has 0 saturated heterocycles. The van der Waals surface area contributed by atoms with Gasteiger partial charge in [-0.05, 0) is 52.9 Å². The van der Waals surface area contributed by atoms with Crippen molar-refractivity contribution in [2.45, 2.75) is 38.6 Å². The molecule has 1 aliphatic heterocycles. The molecule has 0 radical (unpaired) electrons. The van der Waals surface area contributed by atoms with Crippen molar-refractivity contribution in [1.82, 2.24) is 5.32 Å². The smallest absolute Gasteiger partial charge is 0.241 e. The number of carbonyl (C=O) groups excluding carboxylic acids is 1. The second-order valence-corrected chi connectivity index (χ2v) is 7.53. The van der Waals surface area contributed by atoms with Crippen molar-refractivity contribution in [3.05, 3.63) is 22.2 Å². The number of nitriles is 1. The minimum Gasteiger partial charge on any atom is -0.454 e. The van der Waals surface area contributed by atoms with Crippen molar-refractivity contribution in [3.63, 3.8) is 0 Å². The lowest BCUT2D eigenvalue weighted by atomic mass is 9.91. The Morgan fingerprint density at radius 3 is 2.87 bits per heavy atom. The van der Waals surface area contributed by atoms with Crippen LogP contribution in [0.5, 0.6) is 11.5 Å². The molecular formula is C17H17BrN2O3. The van der Waals surface area contributed by atoms with Crippen LogP contribution in [0.4, 0.5) is 0 Å². The van der Waals surface area contributed by atoms with Crippen molar-refractivity contribution in [2.24, 2.45) is 10.8 Å². The summed E-state index contributed by atoms with van der Waals surface area (Å²) in [7, 11) is 0. The molecule has 120 valence electrons. The number of nitrogens with one attached hydrogen (secondary N) is 1. The average molecular weight is 377 g/mol. The van der Waals surface area contributed by atoms with E-state index in [1.54, 1.807) is 0 Å². The maximum Gasteiger partial charge on any atom is 0.241 e. The summed E-state index contributed by atoms with van der Waals surface area (Å²) in [5.41, 5.74) is 0.0574. The number of hydrogen-bond donors (Lipinski definition) is 1. The number of halogens is 1. The highest BCUT2D eigenvalue weighted by Crippen LogP contribution is 2.71. The summed E-state index contributed by atoms with van der Waals surface area (Å²) in [5.74, 6) is 1.24. The Bertz CT molecular complexity index is 721. The Morgan fingerprint density at radius 1 is 1.35 bits per heavy atom. The molecule has 4 rings (SSSR count). The Balaban J connectivity index is 1.47. The van der Waals surface area contributed by atoms with E-state index in [1.807, 2.05) is 12.1 Å². The van der Waals surface area contributed by atoms with Crippen LogP contribution in [0.3, 0.4) is 0 Å². The zero-order valence-corrected chi connectivity index (χ0v) is 14.2. The molecule has 5 nitrogen and oxygen atoms in total. The van der Waals surface area contributed by atoms with E-state index in [0.29, 0.717) is 24.5 Å². The van der Waals surface area contributed by atoms with Gasteiger partial charge in [0.25, 0.3) is 0 Å². The summed E-state index contributed by atoms with van der Waals surface area (Å²) in [4.78, 5) is 12.6.